The van der Waals surface area contributed by atoms with Crippen LogP contribution in [0.15, 0.2) is 42.7 Å². The van der Waals surface area contributed by atoms with Crippen molar-refractivity contribution in [3.63, 3.8) is 0 Å². The van der Waals surface area contributed by atoms with Crippen LogP contribution in [0.1, 0.15) is 11.1 Å². The second-order valence-electron chi connectivity index (χ2n) is 6.41. The summed E-state index contributed by atoms with van der Waals surface area (Å²) in [4.78, 5) is 15.6. The first kappa shape index (κ1) is 22.1. The number of nitrogens with zero attached hydrogens (tertiary/aromatic N) is 3. The molecule has 12 heteroatoms. The van der Waals surface area contributed by atoms with E-state index in [2.05, 4.69) is 20.1 Å². The summed E-state index contributed by atoms with van der Waals surface area (Å²) in [7, 11) is 0. The van der Waals surface area contributed by atoms with Crippen LogP contribution in [0, 0.1) is 17.5 Å². The van der Waals surface area contributed by atoms with Gasteiger partial charge in [0.25, 0.3) is 5.88 Å². The average Bonchev–Trinajstić information content (AvgIpc) is 3.10. The molecule has 2 heterocycles. The highest BCUT2D eigenvalue weighted by Crippen LogP contribution is 2.20. The lowest BCUT2D eigenvalue weighted by Crippen LogP contribution is -2.20. The number of alkyl halides is 3. The number of rotatable bonds is 7. The smallest absolute Gasteiger partial charge is 0.422 e. The fraction of sp³-hybridized carbons (Fsp3) is 0.211. The molecule has 31 heavy (non-hydrogen) atoms. The largest absolute Gasteiger partial charge is 0.466 e. The van der Waals surface area contributed by atoms with Crippen molar-refractivity contribution < 1.29 is 35.9 Å². The number of benzene rings is 1. The van der Waals surface area contributed by atoms with Gasteiger partial charge in [0.05, 0.1) is 13.0 Å². The molecule has 0 saturated heterocycles. The molecule has 0 saturated carbocycles. The van der Waals surface area contributed by atoms with Crippen LogP contribution < -0.4 is 10.1 Å². The Hall–Kier alpha value is -3.57. The van der Waals surface area contributed by atoms with E-state index in [9.17, 15) is 31.1 Å². The van der Waals surface area contributed by atoms with Crippen LogP contribution in [0.5, 0.6) is 5.88 Å². The van der Waals surface area contributed by atoms with Crippen molar-refractivity contribution in [3.8, 4) is 5.88 Å². The molecular weight excluding hydrogens is 430 g/mol. The minimum Gasteiger partial charge on any atom is -0.466 e. The number of aromatic nitrogens is 3. The molecule has 2 aromatic heterocycles. The summed E-state index contributed by atoms with van der Waals surface area (Å²) in [6.45, 7) is -1.56. The van der Waals surface area contributed by atoms with Gasteiger partial charge in [0.1, 0.15) is 0 Å². The fourth-order valence-electron chi connectivity index (χ4n) is 2.53. The van der Waals surface area contributed by atoms with Crippen LogP contribution in [0.25, 0.3) is 0 Å². The summed E-state index contributed by atoms with van der Waals surface area (Å²) in [5.41, 5.74) is 0.560. The third-order valence-corrected chi connectivity index (χ3v) is 3.84. The molecule has 0 aliphatic rings. The van der Waals surface area contributed by atoms with Crippen molar-refractivity contribution in [3.05, 3.63) is 71.3 Å². The quantitative estimate of drug-likeness (QED) is 0.562. The lowest BCUT2D eigenvalue weighted by Gasteiger charge is -2.09. The molecule has 164 valence electrons. The highest BCUT2D eigenvalue weighted by Gasteiger charge is 2.29. The van der Waals surface area contributed by atoms with Crippen LogP contribution in [0.3, 0.4) is 0 Å². The predicted octanol–water partition coefficient (Wildman–Crippen LogP) is 3.87. The standard InChI is InChI=1S/C19H14F6N4O2/c20-13-2-1-11(5-14(13)21)9-29-4-3-16(28-29)27-17(30)7-12-6-15(22)18(26-8-12)31-10-19(23,24)25/h1-6,8H,7,9-10H2,(H,27,28,30). The van der Waals surface area contributed by atoms with Gasteiger partial charge in [-0.1, -0.05) is 6.07 Å². The van der Waals surface area contributed by atoms with Crippen molar-refractivity contribution >= 4 is 11.7 Å². The maximum atomic E-state index is 13.8. The average molecular weight is 444 g/mol. The molecule has 6 nitrogen and oxygen atoms in total. The molecule has 1 N–H and O–H groups in total. The zero-order chi connectivity index (χ0) is 22.6. The number of anilines is 1. The SMILES string of the molecule is O=C(Cc1cnc(OCC(F)(F)F)c(F)c1)Nc1ccn(Cc2ccc(F)c(F)c2)n1. The topological polar surface area (TPSA) is 69.0 Å². The second-order valence-corrected chi connectivity index (χ2v) is 6.41. The van der Waals surface area contributed by atoms with E-state index in [0.29, 0.717) is 5.56 Å². The highest BCUT2D eigenvalue weighted by molar-refractivity contribution is 5.91. The number of ether oxygens (including phenoxy) is 1. The molecule has 1 aromatic carbocycles. The van der Waals surface area contributed by atoms with Gasteiger partial charge < -0.3 is 10.1 Å². The molecule has 0 aliphatic carbocycles. The summed E-state index contributed by atoms with van der Waals surface area (Å²) in [6.07, 6.45) is -2.43. The molecule has 3 aromatic rings. The van der Waals surface area contributed by atoms with E-state index in [1.807, 2.05) is 0 Å². The number of pyridine rings is 1. The lowest BCUT2D eigenvalue weighted by atomic mass is 10.2. The van der Waals surface area contributed by atoms with Crippen LogP contribution >= 0.6 is 0 Å². The molecule has 0 unspecified atom stereocenters. The zero-order valence-corrected chi connectivity index (χ0v) is 15.6. The van der Waals surface area contributed by atoms with Gasteiger partial charge in [-0.2, -0.15) is 18.3 Å². The van der Waals surface area contributed by atoms with Crippen LogP contribution in [-0.4, -0.2) is 33.5 Å². The molecular formula is C19H14F6N4O2. The van der Waals surface area contributed by atoms with Gasteiger partial charge in [-0.05, 0) is 29.3 Å². The summed E-state index contributed by atoms with van der Waals surface area (Å²) < 4.78 is 82.1. The maximum Gasteiger partial charge on any atom is 0.422 e. The molecule has 0 aliphatic heterocycles. The van der Waals surface area contributed by atoms with Gasteiger partial charge in [-0.15, -0.1) is 0 Å². The third-order valence-electron chi connectivity index (χ3n) is 3.84. The lowest BCUT2D eigenvalue weighted by molar-refractivity contribution is -0.154. The summed E-state index contributed by atoms with van der Waals surface area (Å²) in [6, 6.07) is 5.72. The van der Waals surface area contributed by atoms with Gasteiger partial charge in [0, 0.05) is 18.5 Å². The Kier molecular flexibility index (Phi) is 6.47. The van der Waals surface area contributed by atoms with E-state index in [0.717, 1.165) is 24.4 Å². The predicted molar refractivity (Wildman–Crippen MR) is 95.8 cm³/mol. The molecule has 0 atom stereocenters. The monoisotopic (exact) mass is 444 g/mol. The van der Waals surface area contributed by atoms with Gasteiger partial charge in [-0.3, -0.25) is 9.48 Å². The van der Waals surface area contributed by atoms with Gasteiger partial charge in [0.15, 0.2) is 29.9 Å². The van der Waals surface area contributed by atoms with Crippen LogP contribution in [0.4, 0.5) is 32.2 Å². The van der Waals surface area contributed by atoms with Crippen molar-refractivity contribution in [1.29, 1.82) is 0 Å². The number of halogens is 6. The van der Waals surface area contributed by atoms with Crippen molar-refractivity contribution in [2.45, 2.75) is 19.1 Å². The van der Waals surface area contributed by atoms with Crippen molar-refractivity contribution in [1.82, 2.24) is 14.8 Å². The highest BCUT2D eigenvalue weighted by atomic mass is 19.4. The van der Waals surface area contributed by atoms with Crippen molar-refractivity contribution in [2.24, 2.45) is 0 Å². The van der Waals surface area contributed by atoms with Crippen molar-refractivity contribution in [2.75, 3.05) is 11.9 Å². The molecule has 1 amide bonds. The van der Waals surface area contributed by atoms with E-state index in [4.69, 9.17) is 0 Å². The Balaban J connectivity index is 1.56. The normalized spacial score (nSPS) is 11.4. The van der Waals surface area contributed by atoms with E-state index in [1.54, 1.807) is 0 Å². The Labute approximate surface area is 171 Å². The summed E-state index contributed by atoms with van der Waals surface area (Å²) >= 11 is 0. The number of carbonyl (C=O) groups is 1. The molecule has 0 spiro atoms. The minimum absolute atomic E-state index is 0.107. The number of nitrogens with one attached hydrogen (secondary N) is 1. The molecule has 3 rings (SSSR count). The third kappa shape index (κ3) is 6.46. The second kappa shape index (κ2) is 9.06. The number of hydrogen-bond acceptors (Lipinski definition) is 4. The minimum atomic E-state index is -4.64. The first-order valence-electron chi connectivity index (χ1n) is 8.70. The Morgan fingerprint density at radius 1 is 1.03 bits per heavy atom. The molecule has 0 radical (unpaired) electrons. The summed E-state index contributed by atoms with van der Waals surface area (Å²) in [5, 5.41) is 6.53. The Bertz CT molecular complexity index is 1080. The molecule has 0 bridgehead atoms. The Morgan fingerprint density at radius 3 is 2.45 bits per heavy atom. The van der Waals surface area contributed by atoms with Crippen LogP contribution in [-0.2, 0) is 17.8 Å². The van der Waals surface area contributed by atoms with E-state index in [-0.39, 0.29) is 24.3 Å². The van der Waals surface area contributed by atoms with E-state index < -0.39 is 42.0 Å². The number of carbonyl (C=O) groups excluding carboxylic acids is 1. The van der Waals surface area contributed by atoms with Gasteiger partial charge >= 0.3 is 6.18 Å². The maximum absolute atomic E-state index is 13.8. The first-order valence-corrected chi connectivity index (χ1v) is 8.70. The number of amides is 1. The van der Waals surface area contributed by atoms with Crippen LogP contribution in [0.2, 0.25) is 0 Å². The zero-order valence-electron chi connectivity index (χ0n) is 15.6. The molecule has 0 fully saturated rings. The first-order chi connectivity index (χ1) is 14.6. The number of hydrogen-bond donors (Lipinski definition) is 1. The summed E-state index contributed by atoms with van der Waals surface area (Å²) in [5.74, 6) is -4.34. The van der Waals surface area contributed by atoms with E-state index >= 15 is 0 Å². The van der Waals surface area contributed by atoms with Gasteiger partial charge in [-0.25, -0.2) is 18.2 Å². The fourth-order valence-corrected chi connectivity index (χ4v) is 2.53. The van der Waals surface area contributed by atoms with Gasteiger partial charge in [0.2, 0.25) is 5.91 Å². The van der Waals surface area contributed by atoms with E-state index in [1.165, 1.54) is 23.0 Å². The Morgan fingerprint density at radius 2 is 1.77 bits per heavy atom.